The van der Waals surface area contributed by atoms with Gasteiger partial charge in [-0.25, -0.2) is 0 Å². The van der Waals surface area contributed by atoms with Crippen molar-refractivity contribution in [1.82, 2.24) is 0 Å². The Morgan fingerprint density at radius 3 is 2.30 bits per heavy atom. The number of hydrogen-bond acceptors (Lipinski definition) is 1. The summed E-state index contributed by atoms with van der Waals surface area (Å²) in [4.78, 5) is 0. The molecule has 1 aromatic carbocycles. The van der Waals surface area contributed by atoms with Crippen LogP contribution < -0.4 is 25.9 Å². The Kier molecular flexibility index (Phi) is 4.93. The Balaban J connectivity index is 0.000000810. The summed E-state index contributed by atoms with van der Waals surface area (Å²) in [6.07, 6.45) is 0. The van der Waals surface area contributed by atoms with E-state index in [2.05, 4.69) is 6.07 Å². The number of methoxy groups -OCH3 is 1. The van der Waals surface area contributed by atoms with Gasteiger partial charge in [-0.15, -0.1) is 0 Å². The van der Waals surface area contributed by atoms with Crippen LogP contribution in [-0.2, 0) is 18.3 Å². The minimum absolute atomic E-state index is 0. The molecular weight excluding hydrogens is 245 g/mol. The first kappa shape index (κ1) is 10.1. The third kappa shape index (κ3) is 2.39. The third-order valence-electron chi connectivity index (χ3n) is 1.19. The van der Waals surface area contributed by atoms with Crippen LogP contribution in [0.1, 0.15) is 0 Å². The fraction of sp³-hybridized carbons (Fsp3) is 0.143. The van der Waals surface area contributed by atoms with Crippen molar-refractivity contribution in [2.75, 3.05) is 7.11 Å². The summed E-state index contributed by atoms with van der Waals surface area (Å²) in [5, 5.41) is 0. The first-order valence-corrected chi connectivity index (χ1v) is 4.28. The van der Waals surface area contributed by atoms with Crippen LogP contribution in [0.5, 0.6) is 5.75 Å². The van der Waals surface area contributed by atoms with Gasteiger partial charge >= 0.3 is 64.3 Å². The molecule has 0 aliphatic carbocycles. The second kappa shape index (κ2) is 4.87. The molecule has 0 fully saturated rings. The van der Waals surface area contributed by atoms with Crippen molar-refractivity contribution in [1.29, 1.82) is 0 Å². The summed E-state index contributed by atoms with van der Waals surface area (Å²) in [5.41, 5.74) is 0. The van der Waals surface area contributed by atoms with Gasteiger partial charge in [0.05, 0.1) is 0 Å². The number of halogens is 1. The van der Waals surface area contributed by atoms with Crippen molar-refractivity contribution in [2.45, 2.75) is 0 Å². The van der Waals surface area contributed by atoms with E-state index in [1.807, 2.05) is 18.2 Å². The molecule has 1 nitrogen and oxygen atoms in total. The van der Waals surface area contributed by atoms with Crippen LogP contribution in [0, 0.1) is 0 Å². The number of hydrogen-bond donors (Lipinski definition) is 0. The average Bonchev–Trinajstić information content (AvgIpc) is 1.89. The van der Waals surface area contributed by atoms with Crippen molar-refractivity contribution >= 4 is 4.16 Å². The molecule has 50 valence electrons. The second-order valence-corrected chi connectivity index (χ2v) is 3.41. The molecule has 0 aromatic heterocycles. The molecule has 0 radical (unpaired) electrons. The Labute approximate surface area is 81.2 Å². The van der Waals surface area contributed by atoms with Crippen LogP contribution in [0.2, 0.25) is 0 Å². The largest absolute Gasteiger partial charge is 1.00 e. The van der Waals surface area contributed by atoms with E-state index in [-0.39, 0.29) is 17.0 Å². The number of ether oxygens (including phenoxy) is 1. The molecule has 0 unspecified atom stereocenters. The van der Waals surface area contributed by atoms with E-state index in [1.54, 1.807) is 7.11 Å². The fourth-order valence-corrected chi connectivity index (χ4v) is 1.54. The van der Waals surface area contributed by atoms with E-state index in [9.17, 15) is 0 Å². The molecule has 10 heavy (non-hydrogen) atoms. The van der Waals surface area contributed by atoms with Gasteiger partial charge in [0.15, 0.2) is 0 Å². The van der Waals surface area contributed by atoms with Crippen molar-refractivity contribution in [3.63, 3.8) is 0 Å². The van der Waals surface area contributed by atoms with Gasteiger partial charge in [-0.1, -0.05) is 0 Å². The predicted molar refractivity (Wildman–Crippen MR) is 32.6 cm³/mol. The van der Waals surface area contributed by atoms with Gasteiger partial charge in [-0.3, -0.25) is 0 Å². The standard InChI is InChI=1S/C7H7O.BrH.Zn/c1-8-7-5-3-2-4-6-7;;/h2-5H,1H3;1H;/q;;+1/p-1. The molecular formula is C7H7BrOZn. The van der Waals surface area contributed by atoms with Crippen LogP contribution >= 0.6 is 0 Å². The van der Waals surface area contributed by atoms with E-state index in [1.165, 1.54) is 4.16 Å². The maximum Gasteiger partial charge on any atom is -1.00 e. The zero-order chi connectivity index (χ0) is 6.69. The zero-order valence-electron chi connectivity index (χ0n) is 5.80. The molecule has 0 N–H and O–H groups in total. The molecule has 0 amide bonds. The summed E-state index contributed by atoms with van der Waals surface area (Å²) in [7, 11) is 1.70. The van der Waals surface area contributed by atoms with Gasteiger partial charge in [0.1, 0.15) is 0 Å². The van der Waals surface area contributed by atoms with Gasteiger partial charge in [0, 0.05) is 0 Å². The molecule has 0 aliphatic heterocycles. The van der Waals surface area contributed by atoms with Crippen LogP contribution in [0.3, 0.4) is 0 Å². The maximum absolute atomic E-state index is 5.08. The van der Waals surface area contributed by atoms with Gasteiger partial charge in [-0.2, -0.15) is 0 Å². The molecule has 0 atom stereocenters. The van der Waals surface area contributed by atoms with E-state index >= 15 is 0 Å². The number of para-hydroxylation sites is 1. The van der Waals surface area contributed by atoms with Gasteiger partial charge in [-0.05, 0) is 0 Å². The molecule has 0 saturated heterocycles. The van der Waals surface area contributed by atoms with Crippen molar-refractivity contribution in [3.05, 3.63) is 24.3 Å². The summed E-state index contributed by atoms with van der Waals surface area (Å²) >= 11 is 1.16. The first-order valence-electron chi connectivity index (χ1n) is 2.79. The quantitative estimate of drug-likeness (QED) is 0.519. The predicted octanol–water partition coefficient (Wildman–Crippen LogP) is -2.13. The fourth-order valence-electron chi connectivity index (χ4n) is 0.703. The molecule has 1 rings (SSSR count). The average molecular weight is 252 g/mol. The molecule has 0 saturated carbocycles. The topological polar surface area (TPSA) is 9.23 Å². The summed E-state index contributed by atoms with van der Waals surface area (Å²) in [6.45, 7) is 0. The molecule has 0 bridgehead atoms. The normalized spacial score (nSPS) is 8.30. The summed E-state index contributed by atoms with van der Waals surface area (Å²) in [6, 6.07) is 8.08. The number of benzene rings is 1. The zero-order valence-corrected chi connectivity index (χ0v) is 10.4. The molecule has 0 heterocycles. The SMILES string of the molecule is COc1cccc[c]1[Zn+].[Br-]. The monoisotopic (exact) mass is 250 g/mol. The molecule has 3 heteroatoms. The van der Waals surface area contributed by atoms with Crippen LogP contribution in [0.4, 0.5) is 0 Å². The van der Waals surface area contributed by atoms with E-state index in [0.717, 1.165) is 24.1 Å². The molecule has 0 aliphatic rings. The third-order valence-corrected chi connectivity index (χ3v) is 2.42. The maximum atomic E-state index is 5.08. The minimum Gasteiger partial charge on any atom is -1.00 e. The Bertz CT molecular complexity index is 203. The van der Waals surface area contributed by atoms with Crippen LogP contribution in [0.25, 0.3) is 0 Å². The minimum atomic E-state index is 0. The molecule has 1 aromatic rings. The smallest absolute Gasteiger partial charge is 1.00 e. The van der Waals surface area contributed by atoms with Crippen molar-refractivity contribution in [2.24, 2.45) is 0 Å². The summed E-state index contributed by atoms with van der Waals surface area (Å²) < 4.78 is 6.38. The second-order valence-electron chi connectivity index (χ2n) is 1.81. The van der Waals surface area contributed by atoms with Crippen LogP contribution in [0.15, 0.2) is 24.3 Å². The van der Waals surface area contributed by atoms with E-state index in [0.29, 0.717) is 0 Å². The Hall–Kier alpha value is 0.123. The van der Waals surface area contributed by atoms with Gasteiger partial charge < -0.3 is 17.0 Å². The van der Waals surface area contributed by atoms with Gasteiger partial charge in [0.25, 0.3) is 0 Å². The Morgan fingerprint density at radius 2 is 1.90 bits per heavy atom. The van der Waals surface area contributed by atoms with Gasteiger partial charge in [0.2, 0.25) is 0 Å². The Morgan fingerprint density at radius 1 is 1.30 bits per heavy atom. The molecule has 0 spiro atoms. The summed E-state index contributed by atoms with van der Waals surface area (Å²) in [5.74, 6) is 1.01. The van der Waals surface area contributed by atoms with Crippen molar-refractivity contribution in [3.8, 4) is 5.75 Å². The number of rotatable bonds is 1. The van der Waals surface area contributed by atoms with Crippen LogP contribution in [-0.4, -0.2) is 7.11 Å². The van der Waals surface area contributed by atoms with E-state index in [4.69, 9.17) is 4.74 Å². The van der Waals surface area contributed by atoms with Crippen molar-refractivity contribution < 1.29 is 40.0 Å². The van der Waals surface area contributed by atoms with E-state index < -0.39 is 0 Å². The first-order chi connectivity index (χ1) is 4.34.